The fourth-order valence-corrected chi connectivity index (χ4v) is 4.01. The summed E-state index contributed by atoms with van der Waals surface area (Å²) in [5.74, 6) is 0. The molecular weight excluding hydrogens is 403 g/mol. The summed E-state index contributed by atoms with van der Waals surface area (Å²) >= 11 is 6.08. The van der Waals surface area contributed by atoms with E-state index in [1.165, 1.54) is 7.11 Å². The first-order valence-electron chi connectivity index (χ1n) is 8.42. The van der Waals surface area contributed by atoms with Gasteiger partial charge in [0.1, 0.15) is 6.10 Å². The van der Waals surface area contributed by atoms with Gasteiger partial charge in [0, 0.05) is 34.2 Å². The van der Waals surface area contributed by atoms with E-state index in [9.17, 15) is 9.59 Å². The van der Waals surface area contributed by atoms with E-state index >= 15 is 0 Å². The number of pyridine rings is 2. The van der Waals surface area contributed by atoms with E-state index in [1.807, 2.05) is 18.2 Å². The molecule has 0 saturated carbocycles. The molecule has 28 heavy (non-hydrogen) atoms. The lowest BCUT2D eigenvalue weighted by Gasteiger charge is -2.16. The number of halogens is 1. The van der Waals surface area contributed by atoms with Crippen LogP contribution in [0.4, 0.5) is 0 Å². The van der Waals surface area contributed by atoms with Gasteiger partial charge in [-0.25, -0.2) is 4.98 Å². The van der Waals surface area contributed by atoms with Gasteiger partial charge >= 0.3 is 0 Å². The molecule has 0 radical (unpaired) electrons. The highest BCUT2D eigenvalue weighted by Gasteiger charge is 2.28. The number of aromatic nitrogens is 2. The summed E-state index contributed by atoms with van der Waals surface area (Å²) in [4.78, 5) is 38.4. The molecule has 3 heterocycles. The summed E-state index contributed by atoms with van der Waals surface area (Å²) in [5.41, 5.74) is 3.34. The second kappa shape index (κ2) is 7.70. The number of benzene rings is 1. The normalized spacial score (nSPS) is 13.8. The standard InChI is InChI=1S/C19H16ClN2O5P/c1-26-9-14-13(17(8-23)27-28-25)6-16-18-11(7-22(16)19(14)24)4-10-5-12(20)2-3-15(10)21-18/h2-6,8,17,25,28H,7,9H2,1H3. The number of carbonyl (C=O) groups excluding carboxylic acids is 1. The zero-order chi connectivity index (χ0) is 19.8. The number of rotatable bonds is 6. The Morgan fingerprint density at radius 3 is 2.93 bits per heavy atom. The third kappa shape index (κ3) is 3.15. The molecule has 2 atom stereocenters. The maximum Gasteiger partial charge on any atom is 0.257 e. The van der Waals surface area contributed by atoms with Crippen molar-refractivity contribution < 1.29 is 18.9 Å². The lowest BCUT2D eigenvalue weighted by molar-refractivity contribution is -0.113. The molecule has 144 valence electrons. The van der Waals surface area contributed by atoms with Gasteiger partial charge in [0.2, 0.25) is 0 Å². The van der Waals surface area contributed by atoms with Crippen LogP contribution >= 0.6 is 20.6 Å². The van der Waals surface area contributed by atoms with Crippen LogP contribution in [-0.2, 0) is 27.2 Å². The number of aldehydes is 1. The first-order chi connectivity index (χ1) is 13.6. The monoisotopic (exact) mass is 418 g/mol. The highest BCUT2D eigenvalue weighted by molar-refractivity contribution is 7.25. The molecule has 0 spiro atoms. The van der Waals surface area contributed by atoms with Crippen LogP contribution in [0, 0.1) is 0 Å². The molecule has 7 nitrogen and oxygen atoms in total. The van der Waals surface area contributed by atoms with Gasteiger partial charge < -0.3 is 23.5 Å². The molecule has 1 aromatic carbocycles. The van der Waals surface area contributed by atoms with Crippen molar-refractivity contribution in [2.45, 2.75) is 19.3 Å². The molecule has 2 aromatic heterocycles. The fourth-order valence-electron chi connectivity index (χ4n) is 3.53. The van der Waals surface area contributed by atoms with E-state index in [2.05, 4.69) is 0 Å². The SMILES string of the molecule is COCc1c(C(C=O)OPO)cc2n(c1=O)Cc1cc3cc(Cl)ccc3nc1-2. The summed E-state index contributed by atoms with van der Waals surface area (Å²) < 4.78 is 11.9. The van der Waals surface area contributed by atoms with E-state index in [1.54, 1.807) is 16.7 Å². The minimum Gasteiger partial charge on any atom is -0.380 e. The average molecular weight is 419 g/mol. The van der Waals surface area contributed by atoms with Crippen LogP contribution in [0.15, 0.2) is 35.1 Å². The van der Waals surface area contributed by atoms with E-state index in [4.69, 9.17) is 30.7 Å². The Kier molecular flexibility index (Phi) is 5.27. The van der Waals surface area contributed by atoms with Crippen molar-refractivity contribution in [2.24, 2.45) is 0 Å². The first-order valence-corrected chi connectivity index (χ1v) is 9.66. The predicted octanol–water partition coefficient (Wildman–Crippen LogP) is 2.98. The summed E-state index contributed by atoms with van der Waals surface area (Å²) in [5, 5.41) is 1.50. The Hall–Kier alpha value is -2.15. The van der Waals surface area contributed by atoms with Gasteiger partial charge in [0.15, 0.2) is 15.3 Å². The quantitative estimate of drug-likeness (QED) is 0.382. The van der Waals surface area contributed by atoms with E-state index in [-0.39, 0.29) is 12.2 Å². The fraction of sp³-hybridized carbons (Fsp3) is 0.211. The molecule has 3 aromatic rings. The molecule has 0 amide bonds. The second-order valence-corrected chi connectivity index (χ2v) is 7.24. The summed E-state index contributed by atoms with van der Waals surface area (Å²) in [7, 11) is 0.587. The molecule has 1 aliphatic rings. The maximum absolute atomic E-state index is 13.1. The highest BCUT2D eigenvalue weighted by Crippen LogP contribution is 2.35. The van der Waals surface area contributed by atoms with E-state index < -0.39 is 15.1 Å². The van der Waals surface area contributed by atoms with Crippen molar-refractivity contribution in [3.63, 3.8) is 0 Å². The molecule has 0 bridgehead atoms. The number of ether oxygens (including phenoxy) is 1. The Bertz CT molecular complexity index is 1150. The number of fused-ring (bicyclic) bond motifs is 4. The Morgan fingerprint density at radius 1 is 1.39 bits per heavy atom. The second-order valence-electron chi connectivity index (χ2n) is 6.39. The number of hydrogen-bond donors (Lipinski definition) is 1. The molecule has 9 heteroatoms. The van der Waals surface area contributed by atoms with Crippen LogP contribution in [0.25, 0.3) is 22.3 Å². The van der Waals surface area contributed by atoms with Crippen molar-refractivity contribution >= 4 is 37.8 Å². The van der Waals surface area contributed by atoms with Crippen molar-refractivity contribution in [1.29, 1.82) is 0 Å². The zero-order valence-corrected chi connectivity index (χ0v) is 16.6. The largest absolute Gasteiger partial charge is 0.380 e. The molecule has 4 rings (SSSR count). The molecule has 0 aliphatic carbocycles. The Labute approximate surface area is 166 Å². The van der Waals surface area contributed by atoms with Crippen LogP contribution in [-0.4, -0.2) is 27.8 Å². The molecule has 0 fully saturated rings. The van der Waals surface area contributed by atoms with Gasteiger partial charge in [-0.2, -0.15) is 0 Å². The smallest absolute Gasteiger partial charge is 0.257 e. The molecule has 2 unspecified atom stereocenters. The number of hydrogen-bond acceptors (Lipinski definition) is 6. The Balaban J connectivity index is 1.95. The van der Waals surface area contributed by atoms with Gasteiger partial charge in [-0.1, -0.05) is 11.6 Å². The summed E-state index contributed by atoms with van der Waals surface area (Å²) in [6.45, 7) is 0.391. The molecular formula is C19H16ClN2O5P. The molecule has 0 saturated heterocycles. The van der Waals surface area contributed by atoms with E-state index in [0.29, 0.717) is 40.4 Å². The minimum absolute atomic E-state index is 0.0258. The molecule has 1 aliphatic heterocycles. The van der Waals surface area contributed by atoms with Crippen molar-refractivity contribution in [1.82, 2.24) is 9.55 Å². The minimum atomic E-state index is -1.06. The van der Waals surface area contributed by atoms with Crippen LogP contribution in [0.2, 0.25) is 5.02 Å². The van der Waals surface area contributed by atoms with Crippen LogP contribution in [0.3, 0.4) is 0 Å². The topological polar surface area (TPSA) is 90.7 Å². The number of nitrogens with zero attached hydrogens (tertiary/aromatic N) is 2. The Morgan fingerprint density at radius 2 is 2.21 bits per heavy atom. The third-order valence-corrected chi connectivity index (χ3v) is 5.35. The zero-order valence-electron chi connectivity index (χ0n) is 14.8. The number of carbonyl (C=O) groups is 1. The predicted molar refractivity (Wildman–Crippen MR) is 107 cm³/mol. The third-order valence-electron chi connectivity index (χ3n) is 4.76. The van der Waals surface area contributed by atoms with Gasteiger partial charge in [0.25, 0.3) is 5.56 Å². The van der Waals surface area contributed by atoms with Crippen LogP contribution in [0.1, 0.15) is 22.8 Å². The van der Waals surface area contributed by atoms with Crippen molar-refractivity contribution in [3.05, 3.63) is 62.4 Å². The lowest BCUT2D eigenvalue weighted by Crippen LogP contribution is -2.26. The van der Waals surface area contributed by atoms with Gasteiger partial charge in [-0.3, -0.25) is 4.79 Å². The molecule has 1 N–H and O–H groups in total. The van der Waals surface area contributed by atoms with Crippen molar-refractivity contribution in [2.75, 3.05) is 7.11 Å². The maximum atomic E-state index is 13.1. The summed E-state index contributed by atoms with van der Waals surface area (Å²) in [6.07, 6.45) is -0.504. The van der Waals surface area contributed by atoms with Gasteiger partial charge in [-0.15, -0.1) is 0 Å². The van der Waals surface area contributed by atoms with Crippen LogP contribution < -0.4 is 5.56 Å². The van der Waals surface area contributed by atoms with Crippen molar-refractivity contribution in [3.8, 4) is 11.4 Å². The summed E-state index contributed by atoms with van der Waals surface area (Å²) in [6, 6.07) is 9.10. The average Bonchev–Trinajstić information content (AvgIpc) is 3.04. The van der Waals surface area contributed by atoms with Gasteiger partial charge in [-0.05, 0) is 30.3 Å². The highest BCUT2D eigenvalue weighted by atomic mass is 35.5. The lowest BCUT2D eigenvalue weighted by atomic mass is 10.0. The first kappa shape index (κ1) is 19.2. The van der Waals surface area contributed by atoms with Gasteiger partial charge in [0.05, 0.1) is 30.1 Å². The van der Waals surface area contributed by atoms with Crippen LogP contribution in [0.5, 0.6) is 0 Å². The number of methoxy groups -OCH3 is 1. The van der Waals surface area contributed by atoms with E-state index in [0.717, 1.165) is 16.5 Å².